The lowest BCUT2D eigenvalue weighted by Crippen LogP contribution is -2.54. The van der Waals surface area contributed by atoms with Crippen LogP contribution in [0.15, 0.2) is 30.3 Å². The lowest BCUT2D eigenvalue weighted by atomic mass is 9.88. The van der Waals surface area contributed by atoms with Gasteiger partial charge in [0.1, 0.15) is 5.75 Å². The van der Waals surface area contributed by atoms with Gasteiger partial charge in [-0.2, -0.15) is 0 Å². The first-order chi connectivity index (χ1) is 13.3. The van der Waals surface area contributed by atoms with Gasteiger partial charge in [-0.05, 0) is 42.9 Å². The molecule has 1 aromatic rings. The number of aliphatic hydroxyl groups is 1. The lowest BCUT2D eigenvalue weighted by Gasteiger charge is -2.43. The third kappa shape index (κ3) is 6.34. The minimum Gasteiger partial charge on any atom is -0.497 e. The number of benzene rings is 1. The van der Waals surface area contributed by atoms with E-state index in [1.165, 1.54) is 44.2 Å². The predicted octanol–water partition coefficient (Wildman–Crippen LogP) is 3.66. The van der Waals surface area contributed by atoms with Crippen molar-refractivity contribution in [2.24, 2.45) is 5.92 Å². The first kappa shape index (κ1) is 20.4. The molecule has 0 amide bonds. The van der Waals surface area contributed by atoms with E-state index in [1.54, 1.807) is 7.11 Å². The van der Waals surface area contributed by atoms with Crippen molar-refractivity contribution in [1.29, 1.82) is 0 Å². The number of hydrogen-bond acceptors (Lipinski definition) is 4. The van der Waals surface area contributed by atoms with Gasteiger partial charge in [0, 0.05) is 45.4 Å². The Morgan fingerprint density at radius 1 is 1.11 bits per heavy atom. The van der Waals surface area contributed by atoms with Crippen LogP contribution in [0.3, 0.4) is 0 Å². The van der Waals surface area contributed by atoms with Crippen molar-refractivity contribution in [2.75, 3.05) is 46.4 Å². The summed E-state index contributed by atoms with van der Waals surface area (Å²) in [6.07, 6.45) is 12.4. The zero-order valence-electron chi connectivity index (χ0n) is 16.9. The summed E-state index contributed by atoms with van der Waals surface area (Å²) in [5, 5.41) is 9.53. The van der Waals surface area contributed by atoms with Crippen molar-refractivity contribution >= 4 is 6.08 Å². The summed E-state index contributed by atoms with van der Waals surface area (Å²) in [6.45, 7) is 5.84. The first-order valence-corrected chi connectivity index (χ1v) is 10.7. The maximum absolute atomic E-state index is 9.53. The average molecular weight is 373 g/mol. The fourth-order valence-corrected chi connectivity index (χ4v) is 4.54. The summed E-state index contributed by atoms with van der Waals surface area (Å²) in [7, 11) is 1.70. The van der Waals surface area contributed by atoms with E-state index in [4.69, 9.17) is 4.74 Å². The largest absolute Gasteiger partial charge is 0.497 e. The maximum Gasteiger partial charge on any atom is 0.118 e. The van der Waals surface area contributed by atoms with Crippen LogP contribution in [0, 0.1) is 5.92 Å². The van der Waals surface area contributed by atoms with Gasteiger partial charge < -0.3 is 9.84 Å². The second kappa shape index (κ2) is 10.8. The Bertz CT molecular complexity index is 566. The van der Waals surface area contributed by atoms with E-state index >= 15 is 0 Å². The van der Waals surface area contributed by atoms with Crippen LogP contribution in [0.2, 0.25) is 0 Å². The molecule has 1 saturated carbocycles. The summed E-state index contributed by atoms with van der Waals surface area (Å²) >= 11 is 0. The van der Waals surface area contributed by atoms with E-state index in [0.717, 1.165) is 44.3 Å². The van der Waals surface area contributed by atoms with Crippen LogP contribution in [0.25, 0.3) is 6.08 Å². The average Bonchev–Trinajstić information content (AvgIpc) is 2.71. The Balaban J connectivity index is 1.48. The molecule has 4 heteroatoms. The Morgan fingerprint density at radius 3 is 2.59 bits per heavy atom. The van der Waals surface area contributed by atoms with E-state index in [1.807, 2.05) is 12.1 Å². The second-order valence-corrected chi connectivity index (χ2v) is 8.10. The molecule has 0 aromatic heterocycles. The molecule has 0 radical (unpaired) electrons. The third-order valence-corrected chi connectivity index (χ3v) is 6.16. The molecule has 4 nitrogen and oxygen atoms in total. The van der Waals surface area contributed by atoms with Gasteiger partial charge in [-0.3, -0.25) is 9.80 Å². The van der Waals surface area contributed by atoms with Crippen molar-refractivity contribution in [1.82, 2.24) is 9.80 Å². The Labute approximate surface area is 164 Å². The fraction of sp³-hybridized carbons (Fsp3) is 0.652. The molecule has 1 aliphatic heterocycles. The Hall–Kier alpha value is -1.36. The molecule has 3 rings (SSSR count). The normalized spacial score (nSPS) is 23.1. The van der Waals surface area contributed by atoms with Gasteiger partial charge in [0.15, 0.2) is 0 Å². The number of piperazine rings is 1. The van der Waals surface area contributed by atoms with Gasteiger partial charge in [-0.25, -0.2) is 0 Å². The van der Waals surface area contributed by atoms with E-state index in [-0.39, 0.29) is 0 Å². The van der Waals surface area contributed by atoms with Crippen molar-refractivity contribution in [3.63, 3.8) is 0 Å². The summed E-state index contributed by atoms with van der Waals surface area (Å²) < 4.78 is 5.21. The minimum absolute atomic E-state index is 0.293. The highest BCUT2D eigenvalue weighted by Gasteiger charge is 2.28. The molecule has 1 saturated heterocycles. The number of rotatable bonds is 8. The molecule has 2 aliphatic rings. The van der Waals surface area contributed by atoms with E-state index in [9.17, 15) is 5.11 Å². The molecule has 0 spiro atoms. The van der Waals surface area contributed by atoms with Crippen LogP contribution >= 0.6 is 0 Å². The van der Waals surface area contributed by atoms with Crippen molar-refractivity contribution in [3.8, 4) is 5.75 Å². The van der Waals surface area contributed by atoms with Gasteiger partial charge in [0.25, 0.3) is 0 Å². The highest BCUT2D eigenvalue weighted by molar-refractivity contribution is 5.50. The van der Waals surface area contributed by atoms with Gasteiger partial charge in [0.2, 0.25) is 0 Å². The van der Waals surface area contributed by atoms with Crippen molar-refractivity contribution < 1.29 is 9.84 Å². The summed E-state index contributed by atoms with van der Waals surface area (Å²) in [5.41, 5.74) is 1.21. The van der Waals surface area contributed by atoms with E-state index < -0.39 is 0 Å². The van der Waals surface area contributed by atoms with Crippen molar-refractivity contribution in [2.45, 2.75) is 44.6 Å². The summed E-state index contributed by atoms with van der Waals surface area (Å²) in [6, 6.07) is 8.68. The molecule has 0 bridgehead atoms. The topological polar surface area (TPSA) is 35.9 Å². The smallest absolute Gasteiger partial charge is 0.118 e. The van der Waals surface area contributed by atoms with Gasteiger partial charge in [-0.15, -0.1) is 0 Å². The van der Waals surface area contributed by atoms with Crippen molar-refractivity contribution in [3.05, 3.63) is 35.9 Å². The molecule has 1 heterocycles. The molecule has 150 valence electrons. The standard InChI is InChI=1S/C23H36N2O2/c1-27-23-11-9-20(10-12-23)8-5-14-24-15-16-25(22(19-24)13-17-26)18-21-6-3-2-4-7-21/h5,8-12,21-22,26H,2-4,6-7,13-19H2,1H3. The SMILES string of the molecule is COc1ccc(C=CCN2CCN(CC3CCCCC3)C(CCO)C2)cc1. The lowest BCUT2D eigenvalue weighted by molar-refractivity contribution is 0.0485. The summed E-state index contributed by atoms with van der Waals surface area (Å²) in [5.74, 6) is 1.77. The number of hydrogen-bond donors (Lipinski definition) is 1. The van der Waals surface area contributed by atoms with E-state index in [2.05, 4.69) is 34.1 Å². The van der Waals surface area contributed by atoms with Gasteiger partial charge in [-0.1, -0.05) is 43.5 Å². The molecule has 2 fully saturated rings. The monoisotopic (exact) mass is 372 g/mol. The molecule has 1 unspecified atom stereocenters. The number of aliphatic hydroxyl groups excluding tert-OH is 1. The second-order valence-electron chi connectivity index (χ2n) is 8.10. The molecule has 1 aromatic carbocycles. The molecular formula is C23H36N2O2. The Morgan fingerprint density at radius 2 is 1.89 bits per heavy atom. The predicted molar refractivity (Wildman–Crippen MR) is 112 cm³/mol. The number of methoxy groups -OCH3 is 1. The number of ether oxygens (including phenoxy) is 1. The third-order valence-electron chi connectivity index (χ3n) is 6.16. The molecule has 1 aliphatic carbocycles. The van der Waals surface area contributed by atoms with Crippen LogP contribution in [0.5, 0.6) is 5.75 Å². The molecular weight excluding hydrogens is 336 g/mol. The maximum atomic E-state index is 9.53. The molecule has 1 atom stereocenters. The van der Waals surface area contributed by atoms with Crippen LogP contribution in [0.1, 0.15) is 44.1 Å². The highest BCUT2D eigenvalue weighted by atomic mass is 16.5. The van der Waals surface area contributed by atoms with Gasteiger partial charge >= 0.3 is 0 Å². The number of nitrogens with zero attached hydrogens (tertiary/aromatic N) is 2. The summed E-state index contributed by atoms with van der Waals surface area (Å²) in [4.78, 5) is 5.19. The zero-order chi connectivity index (χ0) is 18.9. The molecule has 1 N–H and O–H groups in total. The van der Waals surface area contributed by atoms with E-state index in [0.29, 0.717) is 12.6 Å². The quantitative estimate of drug-likeness (QED) is 0.755. The van der Waals surface area contributed by atoms with Crippen LogP contribution in [-0.4, -0.2) is 67.4 Å². The Kier molecular flexibility index (Phi) is 8.18. The first-order valence-electron chi connectivity index (χ1n) is 10.7. The van der Waals surface area contributed by atoms with Crippen LogP contribution in [0.4, 0.5) is 0 Å². The van der Waals surface area contributed by atoms with Crippen LogP contribution in [-0.2, 0) is 0 Å². The van der Waals surface area contributed by atoms with Gasteiger partial charge in [0.05, 0.1) is 7.11 Å². The fourth-order valence-electron chi connectivity index (χ4n) is 4.54. The minimum atomic E-state index is 0.293. The molecule has 27 heavy (non-hydrogen) atoms. The zero-order valence-corrected chi connectivity index (χ0v) is 16.9. The highest BCUT2D eigenvalue weighted by Crippen LogP contribution is 2.26. The van der Waals surface area contributed by atoms with Crippen LogP contribution < -0.4 is 4.74 Å².